The first-order chi connectivity index (χ1) is 22.7. The molecule has 1 aromatic heterocycles. The average Bonchev–Trinajstić information content (AvgIpc) is 3.09. The molecule has 47 heavy (non-hydrogen) atoms. The average molecular weight is 641 g/mol. The van der Waals surface area contributed by atoms with E-state index in [9.17, 15) is 9.59 Å². The van der Waals surface area contributed by atoms with E-state index >= 15 is 0 Å². The van der Waals surface area contributed by atoms with E-state index in [1.807, 2.05) is 45.2 Å². The number of hydrogen-bond acceptors (Lipinski definition) is 9. The Balaban J connectivity index is 1.57. The van der Waals surface area contributed by atoms with Crippen molar-refractivity contribution >= 4 is 29.5 Å². The van der Waals surface area contributed by atoms with Crippen molar-refractivity contribution in [3.8, 4) is 17.2 Å². The molecule has 2 amide bonds. The number of likely N-dealkylation sites (N-methyl/N-ethyl adjacent to an activating group) is 2. The highest BCUT2D eigenvalue weighted by atomic mass is 16.6. The van der Waals surface area contributed by atoms with E-state index in [1.165, 1.54) is 4.90 Å². The maximum Gasteiger partial charge on any atom is 0.421 e. The Labute approximate surface area is 277 Å². The molecule has 0 aliphatic rings. The zero-order chi connectivity index (χ0) is 33.9. The molecule has 0 saturated carbocycles. The van der Waals surface area contributed by atoms with Crippen LogP contribution in [0.2, 0.25) is 0 Å². The molecular formula is C36H44N6O5. The minimum atomic E-state index is -0.620. The van der Waals surface area contributed by atoms with Crippen molar-refractivity contribution in [2.75, 3.05) is 57.7 Å². The maximum absolute atomic E-state index is 13.8. The quantitative estimate of drug-likeness (QED) is 0.166. The lowest BCUT2D eigenvalue weighted by molar-refractivity contribution is 0.0779. The number of aryl methyl sites for hydroxylation is 2. The van der Waals surface area contributed by atoms with Gasteiger partial charge in [-0.2, -0.15) is 4.98 Å². The summed E-state index contributed by atoms with van der Waals surface area (Å²) in [6.07, 6.45) is 0.945. The first kappa shape index (κ1) is 34.7. The summed E-state index contributed by atoms with van der Waals surface area (Å²) in [5.74, 6) is 2.21. The van der Waals surface area contributed by atoms with Crippen LogP contribution in [-0.4, -0.2) is 79.2 Å². The van der Waals surface area contributed by atoms with Gasteiger partial charge in [-0.05, 0) is 86.6 Å². The second kappa shape index (κ2) is 16.4. The molecular weight excluding hydrogens is 596 g/mol. The standard InChI is InChI=1S/C36H44N6O5/c1-8-41(9-2)22-21-40(5)34(43)27-13-15-29(16-14-27)38-35-37-20-19-32(39-35)42(24-28-23-30(45-6)17-18-31(28)46-7)36(44)47-33-25(3)11-10-12-26(33)4/h10-20,23H,8-9,21-22,24H2,1-7H3,(H,37,38,39). The fourth-order valence-corrected chi connectivity index (χ4v) is 5.06. The van der Waals surface area contributed by atoms with Crippen molar-refractivity contribution in [2.24, 2.45) is 0 Å². The van der Waals surface area contributed by atoms with Gasteiger partial charge in [-0.1, -0.05) is 32.0 Å². The summed E-state index contributed by atoms with van der Waals surface area (Å²) < 4.78 is 17.0. The Morgan fingerprint density at radius 2 is 1.57 bits per heavy atom. The van der Waals surface area contributed by atoms with Gasteiger partial charge in [0.1, 0.15) is 23.1 Å². The first-order valence-electron chi connectivity index (χ1n) is 15.6. The van der Waals surface area contributed by atoms with E-state index in [0.717, 1.165) is 30.8 Å². The minimum Gasteiger partial charge on any atom is -0.497 e. The van der Waals surface area contributed by atoms with Crippen LogP contribution in [0, 0.1) is 13.8 Å². The normalized spacial score (nSPS) is 10.8. The van der Waals surface area contributed by atoms with Crippen molar-refractivity contribution < 1.29 is 23.8 Å². The summed E-state index contributed by atoms with van der Waals surface area (Å²) in [5, 5.41) is 3.18. The number of anilines is 3. The zero-order valence-electron chi connectivity index (χ0n) is 28.2. The molecule has 0 unspecified atom stereocenters. The molecule has 0 radical (unpaired) electrons. The zero-order valence-corrected chi connectivity index (χ0v) is 28.2. The Morgan fingerprint density at radius 3 is 2.21 bits per heavy atom. The number of carbonyl (C=O) groups is 2. The molecule has 11 heteroatoms. The highest BCUT2D eigenvalue weighted by molar-refractivity contribution is 5.94. The summed E-state index contributed by atoms with van der Waals surface area (Å²) >= 11 is 0. The molecule has 0 spiro atoms. The lowest BCUT2D eigenvalue weighted by atomic mass is 10.1. The van der Waals surface area contributed by atoms with Gasteiger partial charge < -0.3 is 29.3 Å². The van der Waals surface area contributed by atoms with Crippen molar-refractivity contribution in [3.05, 3.63) is 95.2 Å². The third kappa shape index (κ3) is 8.98. The topological polar surface area (TPSA) is 109 Å². The largest absolute Gasteiger partial charge is 0.497 e. The molecule has 0 aliphatic carbocycles. The molecule has 0 aliphatic heterocycles. The number of nitrogens with one attached hydrogen (secondary N) is 1. The molecule has 248 valence electrons. The molecule has 0 atom stereocenters. The third-order valence-electron chi connectivity index (χ3n) is 7.93. The van der Waals surface area contributed by atoms with Crippen LogP contribution < -0.4 is 24.4 Å². The van der Waals surface area contributed by atoms with Crippen LogP contribution in [0.25, 0.3) is 0 Å². The molecule has 1 N–H and O–H groups in total. The predicted octanol–water partition coefficient (Wildman–Crippen LogP) is 6.47. The van der Waals surface area contributed by atoms with Gasteiger partial charge in [0.05, 0.1) is 20.8 Å². The fourth-order valence-electron chi connectivity index (χ4n) is 5.06. The van der Waals surface area contributed by atoms with E-state index < -0.39 is 6.09 Å². The number of para-hydroxylation sites is 1. The molecule has 0 saturated heterocycles. The SMILES string of the molecule is CCN(CC)CCN(C)C(=O)c1ccc(Nc2nccc(N(Cc3cc(OC)ccc3OC)C(=O)Oc3c(C)cccc3C)n2)cc1. The Bertz CT molecular complexity index is 1640. The Morgan fingerprint density at radius 1 is 0.872 bits per heavy atom. The van der Waals surface area contributed by atoms with Crippen LogP contribution in [0.1, 0.15) is 40.9 Å². The van der Waals surface area contributed by atoms with Crippen LogP contribution in [0.4, 0.5) is 22.2 Å². The smallest absolute Gasteiger partial charge is 0.421 e. The van der Waals surface area contributed by atoms with Crippen molar-refractivity contribution in [3.63, 3.8) is 0 Å². The summed E-state index contributed by atoms with van der Waals surface area (Å²) in [7, 11) is 4.96. The second-order valence-electron chi connectivity index (χ2n) is 11.0. The van der Waals surface area contributed by atoms with Gasteiger partial charge in [-0.25, -0.2) is 9.78 Å². The molecule has 1 heterocycles. The molecule has 0 fully saturated rings. The lowest BCUT2D eigenvalue weighted by Crippen LogP contribution is -2.36. The number of methoxy groups -OCH3 is 2. The van der Waals surface area contributed by atoms with Gasteiger partial charge in [-0.15, -0.1) is 0 Å². The number of amides is 2. The van der Waals surface area contributed by atoms with Gasteiger partial charge in [0.15, 0.2) is 0 Å². The van der Waals surface area contributed by atoms with Crippen LogP contribution in [-0.2, 0) is 6.54 Å². The van der Waals surface area contributed by atoms with E-state index in [1.54, 1.807) is 67.8 Å². The summed E-state index contributed by atoms with van der Waals surface area (Å²) in [4.78, 5) is 41.3. The van der Waals surface area contributed by atoms with E-state index in [0.29, 0.717) is 46.4 Å². The van der Waals surface area contributed by atoms with Gasteiger partial charge in [0, 0.05) is 43.1 Å². The number of hydrogen-bond donors (Lipinski definition) is 1. The Hall–Kier alpha value is -5.16. The van der Waals surface area contributed by atoms with E-state index in [2.05, 4.69) is 34.0 Å². The monoisotopic (exact) mass is 640 g/mol. The van der Waals surface area contributed by atoms with Gasteiger partial charge in [-0.3, -0.25) is 9.69 Å². The van der Waals surface area contributed by atoms with Crippen molar-refractivity contribution in [1.29, 1.82) is 0 Å². The summed E-state index contributed by atoms with van der Waals surface area (Å²) in [5.41, 5.74) is 3.63. The van der Waals surface area contributed by atoms with Crippen LogP contribution in [0.15, 0.2) is 72.9 Å². The number of carbonyl (C=O) groups excluding carboxylic acids is 2. The number of ether oxygens (including phenoxy) is 3. The third-order valence-corrected chi connectivity index (χ3v) is 7.93. The van der Waals surface area contributed by atoms with E-state index in [-0.39, 0.29) is 18.4 Å². The fraction of sp³-hybridized carbons (Fsp3) is 0.333. The molecule has 11 nitrogen and oxygen atoms in total. The predicted molar refractivity (Wildman–Crippen MR) is 184 cm³/mol. The lowest BCUT2D eigenvalue weighted by Gasteiger charge is -2.24. The van der Waals surface area contributed by atoms with Gasteiger partial charge in [0.2, 0.25) is 5.95 Å². The number of nitrogens with zero attached hydrogens (tertiary/aromatic N) is 5. The summed E-state index contributed by atoms with van der Waals surface area (Å²) in [6, 6.07) is 19.9. The number of rotatable bonds is 14. The van der Waals surface area contributed by atoms with Crippen LogP contribution in [0.5, 0.6) is 17.2 Å². The first-order valence-corrected chi connectivity index (χ1v) is 15.6. The second-order valence-corrected chi connectivity index (χ2v) is 11.0. The number of aromatic nitrogens is 2. The van der Waals surface area contributed by atoms with Gasteiger partial charge in [0.25, 0.3) is 5.91 Å². The van der Waals surface area contributed by atoms with Crippen LogP contribution >= 0.6 is 0 Å². The minimum absolute atomic E-state index is 0.0482. The van der Waals surface area contributed by atoms with Crippen molar-refractivity contribution in [1.82, 2.24) is 19.8 Å². The summed E-state index contributed by atoms with van der Waals surface area (Å²) in [6.45, 7) is 11.5. The highest BCUT2D eigenvalue weighted by Crippen LogP contribution is 2.29. The Kier molecular flexibility index (Phi) is 12.1. The van der Waals surface area contributed by atoms with E-state index in [4.69, 9.17) is 14.2 Å². The van der Waals surface area contributed by atoms with Crippen molar-refractivity contribution in [2.45, 2.75) is 34.2 Å². The maximum atomic E-state index is 13.8. The molecule has 0 bridgehead atoms. The van der Waals surface area contributed by atoms with Crippen LogP contribution in [0.3, 0.4) is 0 Å². The highest BCUT2D eigenvalue weighted by Gasteiger charge is 2.24. The number of benzene rings is 3. The molecule has 3 aromatic carbocycles. The van der Waals surface area contributed by atoms with Gasteiger partial charge >= 0.3 is 6.09 Å². The molecule has 4 rings (SSSR count). The molecule has 4 aromatic rings.